The van der Waals surface area contributed by atoms with Crippen LogP contribution in [0.4, 0.5) is 18.0 Å². The number of carbonyl (C=O) groups excluding carboxylic acids is 1. The highest BCUT2D eigenvalue weighted by Crippen LogP contribution is 2.53. The predicted molar refractivity (Wildman–Crippen MR) is 80.9 cm³/mol. The lowest BCUT2D eigenvalue weighted by Crippen LogP contribution is -2.54. The van der Waals surface area contributed by atoms with E-state index in [1.807, 2.05) is 0 Å². The molecule has 0 radical (unpaired) electrons. The summed E-state index contributed by atoms with van der Waals surface area (Å²) in [5, 5.41) is 5.56. The van der Waals surface area contributed by atoms with Gasteiger partial charge in [-0.05, 0) is 30.4 Å². The molecule has 2 N–H and O–H groups in total. The van der Waals surface area contributed by atoms with E-state index in [0.29, 0.717) is 24.8 Å². The van der Waals surface area contributed by atoms with Crippen molar-refractivity contribution in [3.63, 3.8) is 0 Å². The van der Waals surface area contributed by atoms with Crippen molar-refractivity contribution >= 4 is 6.03 Å². The van der Waals surface area contributed by atoms with Crippen LogP contribution in [0.5, 0.6) is 5.88 Å². The number of aromatic nitrogens is 1. The van der Waals surface area contributed by atoms with Gasteiger partial charge in [0.05, 0.1) is 0 Å². The first-order valence-corrected chi connectivity index (χ1v) is 7.97. The average molecular weight is 343 g/mol. The van der Waals surface area contributed by atoms with E-state index in [0.717, 1.165) is 0 Å². The molecular formula is C16H20F3N3O2. The monoisotopic (exact) mass is 343 g/mol. The molecule has 2 atom stereocenters. The third-order valence-corrected chi connectivity index (χ3v) is 4.61. The summed E-state index contributed by atoms with van der Waals surface area (Å²) in [5.74, 6) is 0.260. The lowest BCUT2D eigenvalue weighted by atomic mass is 9.77. The summed E-state index contributed by atoms with van der Waals surface area (Å²) in [6.45, 7) is -1.29. The fourth-order valence-corrected chi connectivity index (χ4v) is 3.39. The van der Waals surface area contributed by atoms with Gasteiger partial charge in [0.25, 0.3) is 0 Å². The zero-order valence-corrected chi connectivity index (χ0v) is 13.1. The number of alkyl halides is 3. The third-order valence-electron chi connectivity index (χ3n) is 4.61. The Balaban J connectivity index is 1.45. The molecule has 3 saturated carbocycles. The Labute approximate surface area is 138 Å². The maximum absolute atomic E-state index is 13.5. The summed E-state index contributed by atoms with van der Waals surface area (Å²) < 4.78 is 43.4. The first-order valence-electron chi connectivity index (χ1n) is 7.97. The zero-order valence-electron chi connectivity index (χ0n) is 13.1. The van der Waals surface area contributed by atoms with Crippen LogP contribution in [-0.2, 0) is 6.54 Å². The molecule has 24 heavy (non-hydrogen) atoms. The van der Waals surface area contributed by atoms with Gasteiger partial charge in [-0.2, -0.15) is 0 Å². The fourth-order valence-electron chi connectivity index (χ4n) is 3.39. The SMILES string of the molecule is O=C(NCc1ccnc(OCC(F)CF)c1)NC12CC(F)C(C1)C2. The summed E-state index contributed by atoms with van der Waals surface area (Å²) in [6.07, 6.45) is 0.760. The highest BCUT2D eigenvalue weighted by Gasteiger charge is 2.57. The summed E-state index contributed by atoms with van der Waals surface area (Å²) in [6, 6.07) is 2.89. The second kappa shape index (κ2) is 6.86. The van der Waals surface area contributed by atoms with Crippen molar-refractivity contribution in [3.8, 4) is 5.88 Å². The molecule has 2 amide bonds. The van der Waals surface area contributed by atoms with Crippen LogP contribution in [-0.4, -0.2) is 42.2 Å². The zero-order chi connectivity index (χ0) is 17.2. The largest absolute Gasteiger partial charge is 0.474 e. The lowest BCUT2D eigenvalue weighted by molar-refractivity contribution is 0.162. The average Bonchev–Trinajstić information content (AvgIpc) is 3.02. The van der Waals surface area contributed by atoms with E-state index in [4.69, 9.17) is 4.74 Å². The molecule has 0 aliphatic heterocycles. The van der Waals surface area contributed by atoms with Crippen LogP contribution in [0.15, 0.2) is 18.3 Å². The van der Waals surface area contributed by atoms with Gasteiger partial charge in [0.2, 0.25) is 5.88 Å². The van der Waals surface area contributed by atoms with Crippen LogP contribution in [0.2, 0.25) is 0 Å². The van der Waals surface area contributed by atoms with Crippen LogP contribution < -0.4 is 15.4 Å². The van der Waals surface area contributed by atoms with Gasteiger partial charge in [0.15, 0.2) is 6.17 Å². The van der Waals surface area contributed by atoms with Gasteiger partial charge in [-0.15, -0.1) is 0 Å². The van der Waals surface area contributed by atoms with Crippen molar-refractivity contribution in [2.75, 3.05) is 13.3 Å². The summed E-state index contributed by atoms with van der Waals surface area (Å²) in [5.41, 5.74) is 0.327. The van der Waals surface area contributed by atoms with Crippen molar-refractivity contribution in [2.45, 2.75) is 43.7 Å². The Bertz CT molecular complexity index is 596. The van der Waals surface area contributed by atoms with Crippen LogP contribution in [0.3, 0.4) is 0 Å². The van der Waals surface area contributed by atoms with Crippen LogP contribution in [0.25, 0.3) is 0 Å². The Morgan fingerprint density at radius 3 is 2.92 bits per heavy atom. The first kappa shape index (κ1) is 16.9. The number of hydrogen-bond acceptors (Lipinski definition) is 3. The maximum atomic E-state index is 13.5. The van der Waals surface area contributed by atoms with Crippen LogP contribution >= 0.6 is 0 Å². The van der Waals surface area contributed by atoms with Gasteiger partial charge in [-0.25, -0.2) is 22.9 Å². The van der Waals surface area contributed by atoms with Crippen molar-refractivity contribution in [2.24, 2.45) is 5.92 Å². The number of nitrogens with zero attached hydrogens (tertiary/aromatic N) is 1. The van der Waals surface area contributed by atoms with Crippen LogP contribution in [0, 0.1) is 5.92 Å². The molecule has 1 aromatic heterocycles. The molecule has 0 spiro atoms. The predicted octanol–water partition coefficient (Wildman–Crippen LogP) is 2.46. The van der Waals surface area contributed by atoms with Gasteiger partial charge in [-0.3, -0.25) is 0 Å². The van der Waals surface area contributed by atoms with E-state index in [-0.39, 0.29) is 29.9 Å². The summed E-state index contributed by atoms with van der Waals surface area (Å²) in [4.78, 5) is 15.9. The third kappa shape index (κ3) is 3.73. The van der Waals surface area contributed by atoms with Crippen molar-refractivity contribution < 1.29 is 22.7 Å². The Kier molecular flexibility index (Phi) is 4.82. The molecule has 2 unspecified atom stereocenters. The standard InChI is InChI=1S/C16H20F3N3O2/c17-7-12(18)9-24-14-3-10(1-2-20-14)8-21-15(23)22-16-4-11(5-16)13(19)6-16/h1-3,11-13H,4-9H2,(H2,21,22,23). The van der Waals surface area contributed by atoms with Gasteiger partial charge in [0.1, 0.15) is 19.5 Å². The molecule has 8 heteroatoms. The summed E-state index contributed by atoms with van der Waals surface area (Å²) in [7, 11) is 0. The van der Waals surface area contributed by atoms with E-state index in [9.17, 15) is 18.0 Å². The molecule has 1 heterocycles. The number of nitrogens with one attached hydrogen (secondary N) is 2. The minimum absolute atomic E-state index is 0.0915. The smallest absolute Gasteiger partial charge is 0.315 e. The fraction of sp³-hybridized carbons (Fsp3) is 0.625. The first-order chi connectivity index (χ1) is 11.5. The molecule has 4 rings (SSSR count). The highest BCUT2D eigenvalue weighted by atomic mass is 19.2. The molecule has 3 aliphatic carbocycles. The number of pyridine rings is 1. The molecule has 2 bridgehead atoms. The number of hydrogen-bond donors (Lipinski definition) is 2. The molecule has 5 nitrogen and oxygen atoms in total. The lowest BCUT2D eigenvalue weighted by Gasteiger charge is -2.38. The number of amides is 2. The topological polar surface area (TPSA) is 63.2 Å². The number of rotatable bonds is 7. The molecule has 132 valence electrons. The molecular weight excluding hydrogens is 323 g/mol. The second-order valence-electron chi connectivity index (χ2n) is 6.54. The Morgan fingerprint density at radius 2 is 2.25 bits per heavy atom. The quantitative estimate of drug-likeness (QED) is 0.799. The molecule has 3 fully saturated rings. The minimum Gasteiger partial charge on any atom is -0.474 e. The van der Waals surface area contributed by atoms with E-state index in [1.54, 1.807) is 12.1 Å². The van der Waals surface area contributed by atoms with Gasteiger partial charge >= 0.3 is 6.03 Å². The van der Waals surface area contributed by atoms with E-state index in [2.05, 4.69) is 15.6 Å². The number of halogens is 3. The van der Waals surface area contributed by atoms with E-state index >= 15 is 0 Å². The number of ether oxygens (including phenoxy) is 1. The normalized spacial score (nSPS) is 28.8. The Hall–Kier alpha value is -1.99. The molecule has 1 aromatic rings. The van der Waals surface area contributed by atoms with Crippen molar-refractivity contribution in [1.82, 2.24) is 15.6 Å². The van der Waals surface area contributed by atoms with Gasteiger partial charge < -0.3 is 15.4 Å². The maximum Gasteiger partial charge on any atom is 0.315 e. The molecule has 0 saturated heterocycles. The van der Waals surface area contributed by atoms with Gasteiger partial charge in [0, 0.05) is 30.8 Å². The minimum atomic E-state index is -1.68. The van der Waals surface area contributed by atoms with Crippen LogP contribution in [0.1, 0.15) is 24.8 Å². The second-order valence-corrected chi connectivity index (χ2v) is 6.54. The Morgan fingerprint density at radius 1 is 1.46 bits per heavy atom. The number of urea groups is 1. The molecule has 3 aliphatic rings. The van der Waals surface area contributed by atoms with Crippen molar-refractivity contribution in [1.29, 1.82) is 0 Å². The van der Waals surface area contributed by atoms with E-state index in [1.165, 1.54) is 6.20 Å². The number of carbonyl (C=O) groups is 1. The van der Waals surface area contributed by atoms with Gasteiger partial charge in [-0.1, -0.05) is 0 Å². The molecule has 0 aromatic carbocycles. The van der Waals surface area contributed by atoms with E-state index < -0.39 is 25.6 Å². The highest BCUT2D eigenvalue weighted by molar-refractivity contribution is 5.75. The number of fused-ring (bicyclic) bond motifs is 1. The van der Waals surface area contributed by atoms with Crippen molar-refractivity contribution in [3.05, 3.63) is 23.9 Å². The summed E-state index contributed by atoms with van der Waals surface area (Å²) >= 11 is 0.